The number of carbonyl (C=O) groups excluding carboxylic acids is 1. The van der Waals surface area contributed by atoms with Crippen molar-refractivity contribution in [3.63, 3.8) is 0 Å². The van der Waals surface area contributed by atoms with Crippen molar-refractivity contribution in [2.24, 2.45) is 4.99 Å². The van der Waals surface area contributed by atoms with Gasteiger partial charge in [-0.05, 0) is 33.6 Å². The van der Waals surface area contributed by atoms with Gasteiger partial charge in [0.1, 0.15) is 12.1 Å². The number of rotatable bonds is 7. The minimum Gasteiger partial charge on any atom is -0.444 e. The Morgan fingerprint density at radius 2 is 1.92 bits per heavy atom. The molecule has 0 aliphatic heterocycles. The van der Waals surface area contributed by atoms with Crippen LogP contribution in [0.3, 0.4) is 0 Å². The van der Waals surface area contributed by atoms with E-state index in [2.05, 4.69) is 39.9 Å². The number of aromatic nitrogens is 1. The number of guanidine groups is 1. The number of nitrogens with one attached hydrogen (secondary N) is 3. The van der Waals surface area contributed by atoms with Crippen molar-refractivity contribution in [1.82, 2.24) is 21.1 Å². The first-order valence-electron chi connectivity index (χ1n) is 8.65. The van der Waals surface area contributed by atoms with Crippen LogP contribution in [0.4, 0.5) is 4.79 Å². The van der Waals surface area contributed by atoms with Gasteiger partial charge in [0.2, 0.25) is 0 Å². The average Bonchev–Trinajstić information content (AvgIpc) is 2.96. The molecule has 9 heteroatoms. The topological polar surface area (TPSA) is 101 Å². The van der Waals surface area contributed by atoms with Crippen LogP contribution in [0, 0.1) is 0 Å². The number of ether oxygens (including phenoxy) is 1. The molecular formula is C17H32IN5O3. The molecule has 1 aromatic heterocycles. The van der Waals surface area contributed by atoms with E-state index in [1.54, 1.807) is 0 Å². The van der Waals surface area contributed by atoms with Crippen molar-refractivity contribution in [3.8, 4) is 0 Å². The average molecular weight is 481 g/mol. The second kappa shape index (κ2) is 12.0. The first-order chi connectivity index (χ1) is 11.7. The van der Waals surface area contributed by atoms with Crippen molar-refractivity contribution in [2.45, 2.75) is 59.6 Å². The molecule has 150 valence electrons. The summed E-state index contributed by atoms with van der Waals surface area (Å²) in [6.45, 7) is 13.7. The smallest absolute Gasteiger partial charge is 0.407 e. The molecule has 0 radical (unpaired) electrons. The van der Waals surface area contributed by atoms with Gasteiger partial charge in [-0.1, -0.05) is 19.0 Å². The molecule has 0 aromatic carbocycles. The van der Waals surface area contributed by atoms with Crippen molar-refractivity contribution < 1.29 is 14.1 Å². The normalized spacial score (nSPS) is 11.7. The van der Waals surface area contributed by atoms with Crippen LogP contribution in [0.25, 0.3) is 0 Å². The summed E-state index contributed by atoms with van der Waals surface area (Å²) in [5.41, 5.74) is 0.421. The fourth-order valence-corrected chi connectivity index (χ4v) is 1.83. The SMILES string of the molecule is CCNC(=NCc1cc(C(C)C)no1)NCCNC(=O)OC(C)(C)C.I. The predicted octanol–water partition coefficient (Wildman–Crippen LogP) is 3.00. The summed E-state index contributed by atoms with van der Waals surface area (Å²) in [7, 11) is 0. The third-order valence-electron chi connectivity index (χ3n) is 2.99. The lowest BCUT2D eigenvalue weighted by Crippen LogP contribution is -2.42. The summed E-state index contributed by atoms with van der Waals surface area (Å²) >= 11 is 0. The Balaban J connectivity index is 0.00000625. The molecule has 1 heterocycles. The van der Waals surface area contributed by atoms with Gasteiger partial charge in [0.25, 0.3) is 0 Å². The third-order valence-corrected chi connectivity index (χ3v) is 2.99. The maximum atomic E-state index is 11.6. The highest BCUT2D eigenvalue weighted by Crippen LogP contribution is 2.14. The molecule has 26 heavy (non-hydrogen) atoms. The highest BCUT2D eigenvalue weighted by atomic mass is 127. The Kier molecular flexibility index (Phi) is 11.3. The zero-order chi connectivity index (χ0) is 18.9. The molecule has 0 unspecified atom stereocenters. The number of carbonyl (C=O) groups is 1. The van der Waals surface area contributed by atoms with E-state index < -0.39 is 11.7 Å². The summed E-state index contributed by atoms with van der Waals surface area (Å²) in [6, 6.07) is 1.92. The van der Waals surface area contributed by atoms with E-state index in [4.69, 9.17) is 9.26 Å². The minimum absolute atomic E-state index is 0. The highest BCUT2D eigenvalue weighted by molar-refractivity contribution is 14.0. The summed E-state index contributed by atoms with van der Waals surface area (Å²) < 4.78 is 10.4. The number of nitrogens with zero attached hydrogens (tertiary/aromatic N) is 2. The summed E-state index contributed by atoms with van der Waals surface area (Å²) in [6.07, 6.45) is -0.431. The van der Waals surface area contributed by atoms with Gasteiger partial charge in [0.15, 0.2) is 11.7 Å². The molecule has 0 saturated carbocycles. The van der Waals surface area contributed by atoms with E-state index in [0.29, 0.717) is 37.3 Å². The van der Waals surface area contributed by atoms with Crippen LogP contribution in [0.5, 0.6) is 0 Å². The first-order valence-corrected chi connectivity index (χ1v) is 8.65. The van der Waals surface area contributed by atoms with Crippen LogP contribution in [-0.4, -0.2) is 42.4 Å². The van der Waals surface area contributed by atoms with Crippen LogP contribution >= 0.6 is 24.0 Å². The largest absolute Gasteiger partial charge is 0.444 e. The van der Waals surface area contributed by atoms with E-state index in [9.17, 15) is 4.79 Å². The third kappa shape index (κ3) is 10.5. The van der Waals surface area contributed by atoms with Crippen molar-refractivity contribution >= 4 is 36.0 Å². The van der Waals surface area contributed by atoms with Gasteiger partial charge in [-0.3, -0.25) is 0 Å². The van der Waals surface area contributed by atoms with Crippen LogP contribution in [0.2, 0.25) is 0 Å². The molecule has 0 aliphatic rings. The van der Waals surface area contributed by atoms with Crippen LogP contribution in [0.15, 0.2) is 15.6 Å². The highest BCUT2D eigenvalue weighted by Gasteiger charge is 2.15. The molecule has 0 spiro atoms. The molecule has 8 nitrogen and oxygen atoms in total. The Labute approximate surface area is 172 Å². The van der Waals surface area contributed by atoms with Gasteiger partial charge in [-0.15, -0.1) is 24.0 Å². The number of halogens is 1. The standard InChI is InChI=1S/C17H31N5O3.HI/c1-7-18-15(19-8-9-20-16(23)24-17(4,5)6)21-11-13-10-14(12(2)3)22-25-13;/h10,12H,7-9,11H2,1-6H3,(H,20,23)(H2,18,19,21);1H. The van der Waals surface area contributed by atoms with Crippen molar-refractivity contribution in [1.29, 1.82) is 0 Å². The fraction of sp³-hybridized carbons (Fsp3) is 0.706. The summed E-state index contributed by atoms with van der Waals surface area (Å²) in [5, 5.41) is 13.0. The number of hydrogen-bond donors (Lipinski definition) is 3. The Morgan fingerprint density at radius 1 is 1.27 bits per heavy atom. The molecular weight excluding hydrogens is 449 g/mol. The van der Waals surface area contributed by atoms with Gasteiger partial charge in [-0.25, -0.2) is 9.79 Å². The molecule has 0 fully saturated rings. The van der Waals surface area contributed by atoms with Crippen LogP contribution in [0.1, 0.15) is 58.9 Å². The number of aliphatic imine (C=N–C) groups is 1. The molecule has 0 aliphatic carbocycles. The van der Waals surface area contributed by atoms with Gasteiger partial charge < -0.3 is 25.2 Å². The zero-order valence-corrected chi connectivity index (χ0v) is 18.8. The lowest BCUT2D eigenvalue weighted by molar-refractivity contribution is 0.0529. The lowest BCUT2D eigenvalue weighted by atomic mass is 10.1. The fourth-order valence-electron chi connectivity index (χ4n) is 1.83. The number of hydrogen-bond acceptors (Lipinski definition) is 5. The molecule has 1 rings (SSSR count). The lowest BCUT2D eigenvalue weighted by Gasteiger charge is -2.19. The molecule has 1 amide bonds. The quantitative estimate of drug-likeness (QED) is 0.240. The van der Waals surface area contributed by atoms with Gasteiger partial charge in [-0.2, -0.15) is 0 Å². The second-order valence-corrected chi connectivity index (χ2v) is 6.92. The summed E-state index contributed by atoms with van der Waals surface area (Å²) in [5.74, 6) is 1.69. The predicted molar refractivity (Wildman–Crippen MR) is 113 cm³/mol. The minimum atomic E-state index is -0.500. The Hall–Kier alpha value is -1.52. The van der Waals surface area contributed by atoms with Gasteiger partial charge in [0, 0.05) is 25.7 Å². The summed E-state index contributed by atoms with van der Waals surface area (Å²) in [4.78, 5) is 16.0. The van der Waals surface area contributed by atoms with Gasteiger partial charge >= 0.3 is 6.09 Å². The molecule has 0 bridgehead atoms. The second-order valence-electron chi connectivity index (χ2n) is 6.92. The molecule has 3 N–H and O–H groups in total. The molecule has 0 atom stereocenters. The Bertz CT molecular complexity index is 567. The first kappa shape index (κ1) is 24.5. The maximum Gasteiger partial charge on any atom is 0.407 e. The van der Waals surface area contributed by atoms with E-state index in [1.165, 1.54) is 0 Å². The monoisotopic (exact) mass is 481 g/mol. The van der Waals surface area contributed by atoms with Crippen LogP contribution in [-0.2, 0) is 11.3 Å². The molecule has 1 aromatic rings. The maximum absolute atomic E-state index is 11.6. The van der Waals surface area contributed by atoms with Crippen molar-refractivity contribution in [2.75, 3.05) is 19.6 Å². The Morgan fingerprint density at radius 3 is 2.46 bits per heavy atom. The number of amides is 1. The molecule has 0 saturated heterocycles. The zero-order valence-electron chi connectivity index (χ0n) is 16.5. The van der Waals surface area contributed by atoms with Crippen molar-refractivity contribution in [3.05, 3.63) is 17.5 Å². The van der Waals surface area contributed by atoms with E-state index in [-0.39, 0.29) is 24.0 Å². The van der Waals surface area contributed by atoms with E-state index >= 15 is 0 Å². The van der Waals surface area contributed by atoms with E-state index in [1.807, 2.05) is 33.8 Å². The van der Waals surface area contributed by atoms with Crippen LogP contribution < -0.4 is 16.0 Å². The van der Waals surface area contributed by atoms with Gasteiger partial charge in [0.05, 0.1) is 5.69 Å². The van der Waals surface area contributed by atoms with E-state index in [0.717, 1.165) is 12.2 Å². The number of alkyl carbamates (subject to hydrolysis) is 1.